The Hall–Kier alpha value is -1.38. The molecule has 3 N–H and O–H groups in total. The number of anilines is 2. The molecular weight excluding hydrogens is 212 g/mol. The average Bonchev–Trinajstić information content (AvgIpc) is 2.67. The molecule has 0 aliphatic heterocycles. The summed E-state index contributed by atoms with van der Waals surface area (Å²) in [5.41, 5.74) is 7.72. The van der Waals surface area contributed by atoms with Crippen LogP contribution in [-0.4, -0.2) is 12.1 Å². The molecule has 0 spiro atoms. The van der Waals surface area contributed by atoms with Gasteiger partial charge in [0.25, 0.3) is 0 Å². The predicted octanol–water partition coefficient (Wildman–Crippen LogP) is 3.41. The molecule has 0 saturated heterocycles. The molecule has 3 heteroatoms. The van der Waals surface area contributed by atoms with Crippen LogP contribution >= 0.6 is 0 Å². The van der Waals surface area contributed by atoms with Crippen molar-refractivity contribution in [3.8, 4) is 5.75 Å². The lowest BCUT2D eigenvalue weighted by Gasteiger charge is -2.16. The summed E-state index contributed by atoms with van der Waals surface area (Å²) >= 11 is 0. The van der Waals surface area contributed by atoms with Gasteiger partial charge >= 0.3 is 0 Å². The van der Waals surface area contributed by atoms with Gasteiger partial charge in [-0.1, -0.05) is 12.8 Å². The highest BCUT2D eigenvalue weighted by molar-refractivity contribution is 5.59. The zero-order chi connectivity index (χ0) is 12.3. The Morgan fingerprint density at radius 1 is 1.24 bits per heavy atom. The summed E-state index contributed by atoms with van der Waals surface area (Å²) in [7, 11) is 0. The van der Waals surface area contributed by atoms with Crippen LogP contribution in [0.1, 0.15) is 39.5 Å². The number of rotatable bonds is 4. The van der Waals surface area contributed by atoms with Gasteiger partial charge in [0, 0.05) is 29.5 Å². The number of hydrogen-bond acceptors (Lipinski definition) is 3. The van der Waals surface area contributed by atoms with E-state index in [4.69, 9.17) is 10.5 Å². The summed E-state index contributed by atoms with van der Waals surface area (Å²) < 4.78 is 5.68. The first-order valence-corrected chi connectivity index (χ1v) is 6.47. The van der Waals surface area contributed by atoms with Crippen molar-refractivity contribution in [2.45, 2.75) is 51.7 Å². The molecule has 1 saturated carbocycles. The lowest BCUT2D eigenvalue weighted by Crippen LogP contribution is -2.15. The fourth-order valence-corrected chi connectivity index (χ4v) is 2.35. The number of nitrogen functional groups attached to an aromatic ring is 1. The van der Waals surface area contributed by atoms with Crippen LogP contribution in [0.2, 0.25) is 0 Å². The van der Waals surface area contributed by atoms with E-state index < -0.39 is 0 Å². The van der Waals surface area contributed by atoms with Crippen molar-refractivity contribution in [3.63, 3.8) is 0 Å². The minimum Gasteiger partial charge on any atom is -0.491 e. The lowest BCUT2D eigenvalue weighted by atomic mass is 10.2. The highest BCUT2D eigenvalue weighted by Crippen LogP contribution is 2.27. The van der Waals surface area contributed by atoms with E-state index in [2.05, 4.69) is 5.32 Å². The second-order valence-electron chi connectivity index (χ2n) is 5.08. The second kappa shape index (κ2) is 5.30. The first-order chi connectivity index (χ1) is 8.13. The normalized spacial score (nSPS) is 16.4. The van der Waals surface area contributed by atoms with Crippen LogP contribution in [0.25, 0.3) is 0 Å². The number of hydrogen-bond donors (Lipinski definition) is 2. The molecule has 94 valence electrons. The van der Waals surface area contributed by atoms with Crippen molar-refractivity contribution in [2.24, 2.45) is 0 Å². The van der Waals surface area contributed by atoms with E-state index in [-0.39, 0.29) is 6.10 Å². The van der Waals surface area contributed by atoms with E-state index in [0.717, 1.165) is 17.1 Å². The summed E-state index contributed by atoms with van der Waals surface area (Å²) in [6.45, 7) is 4.04. The van der Waals surface area contributed by atoms with Gasteiger partial charge in [-0.3, -0.25) is 0 Å². The lowest BCUT2D eigenvalue weighted by molar-refractivity contribution is 0.242. The smallest absolute Gasteiger partial charge is 0.123 e. The van der Waals surface area contributed by atoms with Gasteiger partial charge in [0.2, 0.25) is 0 Å². The summed E-state index contributed by atoms with van der Waals surface area (Å²) in [4.78, 5) is 0. The Bertz CT molecular complexity index is 370. The molecule has 0 aromatic heterocycles. The summed E-state index contributed by atoms with van der Waals surface area (Å²) in [6, 6.07) is 6.49. The molecule has 1 aliphatic carbocycles. The molecule has 0 unspecified atom stereocenters. The van der Waals surface area contributed by atoms with Crippen LogP contribution in [-0.2, 0) is 0 Å². The van der Waals surface area contributed by atoms with E-state index in [1.54, 1.807) is 0 Å². The summed E-state index contributed by atoms with van der Waals surface area (Å²) in [5.74, 6) is 0.848. The molecule has 1 aliphatic rings. The Kier molecular flexibility index (Phi) is 3.77. The minimum absolute atomic E-state index is 0.177. The fourth-order valence-electron chi connectivity index (χ4n) is 2.35. The zero-order valence-electron chi connectivity index (χ0n) is 10.7. The maximum Gasteiger partial charge on any atom is 0.123 e. The van der Waals surface area contributed by atoms with Gasteiger partial charge in [-0.2, -0.15) is 0 Å². The highest BCUT2D eigenvalue weighted by atomic mass is 16.5. The van der Waals surface area contributed by atoms with Crippen molar-refractivity contribution in [3.05, 3.63) is 18.2 Å². The van der Waals surface area contributed by atoms with E-state index in [9.17, 15) is 0 Å². The van der Waals surface area contributed by atoms with Gasteiger partial charge in [0.05, 0.1) is 6.10 Å². The first-order valence-electron chi connectivity index (χ1n) is 6.47. The number of benzene rings is 1. The van der Waals surface area contributed by atoms with E-state index in [1.165, 1.54) is 25.7 Å². The number of ether oxygens (including phenoxy) is 1. The average molecular weight is 234 g/mol. The van der Waals surface area contributed by atoms with Crippen molar-refractivity contribution in [2.75, 3.05) is 11.1 Å². The van der Waals surface area contributed by atoms with Crippen molar-refractivity contribution < 1.29 is 4.74 Å². The van der Waals surface area contributed by atoms with Gasteiger partial charge in [-0.25, -0.2) is 0 Å². The minimum atomic E-state index is 0.177. The molecule has 0 heterocycles. The maximum atomic E-state index is 5.89. The van der Waals surface area contributed by atoms with Gasteiger partial charge < -0.3 is 15.8 Å². The summed E-state index contributed by atoms with van der Waals surface area (Å²) in [5, 5.41) is 3.54. The molecule has 17 heavy (non-hydrogen) atoms. The van der Waals surface area contributed by atoms with Gasteiger partial charge in [-0.15, -0.1) is 0 Å². The SMILES string of the molecule is CC(C)Oc1cc(N)cc(NC2CCCC2)c1. The topological polar surface area (TPSA) is 47.3 Å². The molecule has 0 radical (unpaired) electrons. The van der Waals surface area contributed by atoms with Gasteiger partial charge in [-0.05, 0) is 32.8 Å². The first kappa shape index (κ1) is 12.1. The second-order valence-corrected chi connectivity index (χ2v) is 5.08. The van der Waals surface area contributed by atoms with Crippen LogP contribution in [0.4, 0.5) is 11.4 Å². The zero-order valence-corrected chi connectivity index (χ0v) is 10.7. The molecule has 1 aromatic rings. The summed E-state index contributed by atoms with van der Waals surface area (Å²) in [6.07, 6.45) is 5.35. The highest BCUT2D eigenvalue weighted by Gasteiger charge is 2.14. The molecule has 2 rings (SSSR count). The Morgan fingerprint density at radius 2 is 1.94 bits per heavy atom. The van der Waals surface area contributed by atoms with Gasteiger partial charge in [0.1, 0.15) is 5.75 Å². The third-order valence-corrected chi connectivity index (χ3v) is 3.03. The molecule has 0 bridgehead atoms. The third-order valence-electron chi connectivity index (χ3n) is 3.03. The van der Waals surface area contributed by atoms with E-state index in [1.807, 2.05) is 32.0 Å². The van der Waals surface area contributed by atoms with Crippen LogP contribution in [0.5, 0.6) is 5.75 Å². The quantitative estimate of drug-likeness (QED) is 0.785. The van der Waals surface area contributed by atoms with Crippen LogP contribution in [0.3, 0.4) is 0 Å². The molecule has 1 fully saturated rings. The van der Waals surface area contributed by atoms with Crippen molar-refractivity contribution in [1.82, 2.24) is 0 Å². The van der Waals surface area contributed by atoms with Crippen LogP contribution in [0.15, 0.2) is 18.2 Å². The fraction of sp³-hybridized carbons (Fsp3) is 0.571. The largest absolute Gasteiger partial charge is 0.491 e. The van der Waals surface area contributed by atoms with Crippen LogP contribution in [0, 0.1) is 0 Å². The predicted molar refractivity (Wildman–Crippen MR) is 72.5 cm³/mol. The molecule has 0 atom stereocenters. The van der Waals surface area contributed by atoms with Crippen molar-refractivity contribution >= 4 is 11.4 Å². The van der Waals surface area contributed by atoms with E-state index >= 15 is 0 Å². The van der Waals surface area contributed by atoms with E-state index in [0.29, 0.717) is 6.04 Å². The Balaban J connectivity index is 2.07. The maximum absolute atomic E-state index is 5.89. The standard InChI is InChI=1S/C14H22N2O/c1-10(2)17-14-8-11(15)7-13(9-14)16-12-5-3-4-6-12/h7-10,12,16H,3-6,15H2,1-2H3. The Labute approximate surface area is 103 Å². The molecule has 0 amide bonds. The van der Waals surface area contributed by atoms with Crippen molar-refractivity contribution in [1.29, 1.82) is 0 Å². The molecular formula is C14H22N2O. The Morgan fingerprint density at radius 3 is 2.59 bits per heavy atom. The number of nitrogens with one attached hydrogen (secondary N) is 1. The molecule has 3 nitrogen and oxygen atoms in total. The third kappa shape index (κ3) is 3.55. The molecule has 1 aromatic carbocycles. The van der Waals surface area contributed by atoms with Gasteiger partial charge in [0.15, 0.2) is 0 Å². The monoisotopic (exact) mass is 234 g/mol. The number of nitrogens with two attached hydrogens (primary N) is 1. The van der Waals surface area contributed by atoms with Crippen LogP contribution < -0.4 is 15.8 Å².